The Labute approximate surface area is 112 Å². The molecule has 19 heavy (non-hydrogen) atoms. The number of aromatic nitrogens is 2. The molecule has 1 fully saturated rings. The van der Waals surface area contributed by atoms with Gasteiger partial charge in [-0.25, -0.2) is 4.79 Å². The average Bonchev–Trinajstić information content (AvgIpc) is 3.07. The largest absolute Gasteiger partial charge is 0.481 e. The smallest absolute Gasteiger partial charge is 0.348 e. The Bertz CT molecular complexity index is 577. The molecule has 1 aliphatic rings. The zero-order valence-electron chi connectivity index (χ0n) is 11.8. The number of hydrogen-bond donors (Lipinski definition) is 1. The first-order chi connectivity index (χ1) is 8.88. The highest BCUT2D eigenvalue weighted by molar-refractivity contribution is 5.76. The van der Waals surface area contributed by atoms with Crippen LogP contribution in [0.2, 0.25) is 0 Å². The second-order valence-corrected chi connectivity index (χ2v) is 5.38. The Morgan fingerprint density at radius 1 is 1.53 bits per heavy atom. The molecule has 3 atom stereocenters. The third-order valence-electron chi connectivity index (χ3n) is 4.16. The van der Waals surface area contributed by atoms with Gasteiger partial charge in [0.15, 0.2) is 0 Å². The third-order valence-corrected chi connectivity index (χ3v) is 4.16. The van der Waals surface area contributed by atoms with Gasteiger partial charge in [-0.05, 0) is 33.1 Å². The first-order valence-corrected chi connectivity index (χ1v) is 6.70. The first-order valence-electron chi connectivity index (χ1n) is 6.70. The van der Waals surface area contributed by atoms with Crippen LogP contribution < -0.4 is 5.69 Å². The van der Waals surface area contributed by atoms with Crippen LogP contribution in [0.5, 0.6) is 0 Å². The van der Waals surface area contributed by atoms with Crippen LogP contribution in [0.3, 0.4) is 0 Å². The third kappa shape index (κ3) is 2.29. The molecule has 0 radical (unpaired) electrons. The summed E-state index contributed by atoms with van der Waals surface area (Å²) in [6, 6.07) is 0.199. The molecule has 104 valence electrons. The van der Waals surface area contributed by atoms with Crippen molar-refractivity contribution in [1.29, 1.82) is 0 Å². The molecule has 1 heterocycles. The summed E-state index contributed by atoms with van der Waals surface area (Å²) in [7, 11) is 0. The maximum atomic E-state index is 12.1. The molecular formula is C14H20N2O3. The molecule has 0 saturated heterocycles. The quantitative estimate of drug-likeness (QED) is 0.903. The maximum Gasteiger partial charge on any atom is 0.348 e. The second-order valence-electron chi connectivity index (χ2n) is 5.38. The van der Waals surface area contributed by atoms with Crippen LogP contribution in [0.1, 0.15) is 55.6 Å². The highest BCUT2D eigenvalue weighted by atomic mass is 16.4. The number of aryl methyl sites for hydroxylation is 1. The number of aliphatic carboxylic acids is 1. The van der Waals surface area contributed by atoms with E-state index in [9.17, 15) is 14.7 Å². The number of hydrogen-bond acceptors (Lipinski definition) is 3. The van der Waals surface area contributed by atoms with Crippen LogP contribution in [-0.2, 0) is 4.79 Å². The number of carboxylic acid groups (broad SMARTS) is 1. The minimum absolute atomic E-state index is 0.199. The molecule has 5 heteroatoms. The van der Waals surface area contributed by atoms with E-state index < -0.39 is 11.9 Å². The van der Waals surface area contributed by atoms with Crippen molar-refractivity contribution in [2.75, 3.05) is 0 Å². The standard InChI is InChI=1S/C14H20N2O3/c1-5-10-6-11(10)16-9(4)12(7(2)13(17)18)8(3)15-14(16)19/h7,10-11H,5-6H2,1-4H3,(H,17,18). The minimum atomic E-state index is -0.888. The van der Waals surface area contributed by atoms with E-state index in [1.54, 1.807) is 18.4 Å². The van der Waals surface area contributed by atoms with Crippen molar-refractivity contribution in [3.63, 3.8) is 0 Å². The lowest BCUT2D eigenvalue weighted by Crippen LogP contribution is -2.29. The van der Waals surface area contributed by atoms with Gasteiger partial charge in [0.05, 0.1) is 5.92 Å². The molecular weight excluding hydrogens is 244 g/mol. The molecule has 2 rings (SSSR count). The maximum absolute atomic E-state index is 12.1. The van der Waals surface area contributed by atoms with Gasteiger partial charge in [-0.3, -0.25) is 9.36 Å². The Morgan fingerprint density at radius 3 is 2.63 bits per heavy atom. The number of rotatable bonds is 4. The fourth-order valence-electron chi connectivity index (χ4n) is 2.92. The first kappa shape index (κ1) is 13.8. The summed E-state index contributed by atoms with van der Waals surface area (Å²) in [6.07, 6.45) is 2.02. The van der Waals surface area contributed by atoms with Crippen molar-refractivity contribution in [2.45, 2.75) is 52.5 Å². The molecule has 0 aliphatic heterocycles. The van der Waals surface area contributed by atoms with Gasteiger partial charge in [-0.15, -0.1) is 0 Å². The molecule has 3 unspecified atom stereocenters. The SMILES string of the molecule is CCC1CC1n1c(C)c(C(C)C(=O)O)c(C)nc1=O. The summed E-state index contributed by atoms with van der Waals surface area (Å²) in [5.41, 5.74) is 1.71. The summed E-state index contributed by atoms with van der Waals surface area (Å²) < 4.78 is 1.69. The second kappa shape index (κ2) is 4.79. The number of carbonyl (C=O) groups is 1. The summed E-state index contributed by atoms with van der Waals surface area (Å²) in [5.74, 6) is -1.01. The molecule has 1 saturated carbocycles. The Hall–Kier alpha value is -1.65. The van der Waals surface area contributed by atoms with Gasteiger partial charge in [0.2, 0.25) is 0 Å². The van der Waals surface area contributed by atoms with Crippen LogP contribution in [0.25, 0.3) is 0 Å². The fourth-order valence-corrected chi connectivity index (χ4v) is 2.92. The normalized spacial score (nSPS) is 23.2. The van der Waals surface area contributed by atoms with Crippen LogP contribution in [-0.4, -0.2) is 20.6 Å². The molecule has 1 N–H and O–H groups in total. The van der Waals surface area contributed by atoms with Gasteiger partial charge in [-0.2, -0.15) is 4.98 Å². The number of nitrogens with zero attached hydrogens (tertiary/aromatic N) is 2. The summed E-state index contributed by atoms with van der Waals surface area (Å²) in [5, 5.41) is 9.18. The van der Waals surface area contributed by atoms with E-state index in [1.807, 2.05) is 6.92 Å². The molecule has 0 spiro atoms. The van der Waals surface area contributed by atoms with Gasteiger partial charge in [-0.1, -0.05) is 13.3 Å². The predicted molar refractivity (Wildman–Crippen MR) is 71.5 cm³/mol. The molecule has 0 bridgehead atoms. The molecule has 1 aromatic heterocycles. The van der Waals surface area contributed by atoms with Crippen molar-refractivity contribution in [3.05, 3.63) is 27.4 Å². The topological polar surface area (TPSA) is 72.2 Å². The fraction of sp³-hybridized carbons (Fsp3) is 0.643. The van der Waals surface area contributed by atoms with Gasteiger partial charge in [0.25, 0.3) is 0 Å². The van der Waals surface area contributed by atoms with Gasteiger partial charge >= 0.3 is 11.7 Å². The highest BCUT2D eigenvalue weighted by Gasteiger charge is 2.39. The van der Waals surface area contributed by atoms with E-state index in [0.717, 1.165) is 18.5 Å². The van der Waals surface area contributed by atoms with Crippen LogP contribution in [0.4, 0.5) is 0 Å². The summed E-state index contributed by atoms with van der Waals surface area (Å²) in [4.78, 5) is 27.3. The van der Waals surface area contributed by atoms with Crippen molar-refractivity contribution in [2.24, 2.45) is 5.92 Å². The van der Waals surface area contributed by atoms with Crippen LogP contribution in [0.15, 0.2) is 4.79 Å². The van der Waals surface area contributed by atoms with Gasteiger partial charge in [0, 0.05) is 23.0 Å². The van der Waals surface area contributed by atoms with Crippen molar-refractivity contribution < 1.29 is 9.90 Å². The lowest BCUT2D eigenvalue weighted by atomic mass is 9.98. The van der Waals surface area contributed by atoms with E-state index >= 15 is 0 Å². The minimum Gasteiger partial charge on any atom is -0.481 e. The van der Waals surface area contributed by atoms with Crippen LogP contribution in [0, 0.1) is 19.8 Å². The van der Waals surface area contributed by atoms with E-state index in [1.165, 1.54) is 0 Å². The van der Waals surface area contributed by atoms with Crippen molar-refractivity contribution >= 4 is 5.97 Å². The average molecular weight is 264 g/mol. The predicted octanol–water partition coefficient (Wildman–Crippen LogP) is 2.02. The lowest BCUT2D eigenvalue weighted by Gasteiger charge is -2.18. The molecule has 1 aromatic rings. The zero-order valence-corrected chi connectivity index (χ0v) is 11.8. The van der Waals surface area contributed by atoms with E-state index in [2.05, 4.69) is 11.9 Å². The van der Waals surface area contributed by atoms with E-state index in [4.69, 9.17) is 0 Å². The van der Waals surface area contributed by atoms with Gasteiger partial charge in [0.1, 0.15) is 0 Å². The molecule has 5 nitrogen and oxygen atoms in total. The Morgan fingerprint density at radius 2 is 2.16 bits per heavy atom. The molecule has 1 aliphatic carbocycles. The van der Waals surface area contributed by atoms with E-state index in [-0.39, 0.29) is 11.7 Å². The Balaban J connectivity index is 2.54. The molecule has 0 aromatic carbocycles. The highest BCUT2D eigenvalue weighted by Crippen LogP contribution is 2.45. The van der Waals surface area contributed by atoms with Gasteiger partial charge < -0.3 is 5.11 Å². The van der Waals surface area contributed by atoms with Crippen molar-refractivity contribution in [1.82, 2.24) is 9.55 Å². The monoisotopic (exact) mass is 264 g/mol. The molecule has 0 amide bonds. The summed E-state index contributed by atoms with van der Waals surface area (Å²) >= 11 is 0. The van der Waals surface area contributed by atoms with E-state index in [0.29, 0.717) is 17.2 Å². The van der Waals surface area contributed by atoms with Crippen molar-refractivity contribution in [3.8, 4) is 0 Å². The lowest BCUT2D eigenvalue weighted by molar-refractivity contribution is -0.138. The Kier molecular flexibility index (Phi) is 3.47. The number of carboxylic acids is 1. The summed E-state index contributed by atoms with van der Waals surface area (Å²) in [6.45, 7) is 7.28. The zero-order chi connectivity index (χ0) is 14.3. The van der Waals surface area contributed by atoms with Crippen LogP contribution >= 0.6 is 0 Å².